The molecule has 0 spiro atoms. The lowest BCUT2D eigenvalue weighted by molar-refractivity contribution is -0.121. The molecule has 1 unspecified atom stereocenters. The maximum atomic E-state index is 12.5. The zero-order valence-corrected chi connectivity index (χ0v) is 13.4. The van der Waals surface area contributed by atoms with Crippen molar-refractivity contribution in [3.63, 3.8) is 0 Å². The van der Waals surface area contributed by atoms with Crippen LogP contribution in [0.15, 0.2) is 29.2 Å². The van der Waals surface area contributed by atoms with Crippen molar-refractivity contribution in [1.82, 2.24) is 5.32 Å². The van der Waals surface area contributed by atoms with Crippen molar-refractivity contribution in [1.29, 1.82) is 0 Å². The number of sulfone groups is 1. The van der Waals surface area contributed by atoms with Gasteiger partial charge < -0.3 is 5.32 Å². The Kier molecular flexibility index (Phi) is 5.04. The van der Waals surface area contributed by atoms with Gasteiger partial charge in [-0.05, 0) is 38.8 Å². The Labute approximate surface area is 126 Å². The highest BCUT2D eigenvalue weighted by Crippen LogP contribution is 2.20. The largest absolute Gasteiger partial charge is 0.352 e. The number of aryl methyl sites for hydroxylation is 1. The topological polar surface area (TPSA) is 63.2 Å². The number of carbonyl (C=O) groups excluding carboxylic acids is 1. The van der Waals surface area contributed by atoms with Crippen LogP contribution in [-0.4, -0.2) is 25.6 Å². The van der Waals surface area contributed by atoms with E-state index in [0.29, 0.717) is 0 Å². The molecule has 0 heterocycles. The molecule has 1 atom stereocenters. The van der Waals surface area contributed by atoms with Crippen molar-refractivity contribution in [2.24, 2.45) is 0 Å². The third-order valence-electron chi connectivity index (χ3n) is 4.14. The number of carbonyl (C=O) groups is 1. The fraction of sp³-hybridized carbons (Fsp3) is 0.562. The normalized spacial score (nSPS) is 18.2. The Morgan fingerprint density at radius 2 is 1.71 bits per heavy atom. The second-order valence-corrected chi connectivity index (χ2v) is 8.11. The molecular weight excluding hydrogens is 286 g/mol. The van der Waals surface area contributed by atoms with E-state index in [4.69, 9.17) is 0 Å². The molecular formula is C16H23NO3S. The van der Waals surface area contributed by atoms with Crippen molar-refractivity contribution in [3.05, 3.63) is 29.8 Å². The Morgan fingerprint density at radius 1 is 1.14 bits per heavy atom. The van der Waals surface area contributed by atoms with E-state index in [1.165, 1.54) is 13.3 Å². The van der Waals surface area contributed by atoms with Crippen LogP contribution in [0.1, 0.15) is 44.6 Å². The summed E-state index contributed by atoms with van der Waals surface area (Å²) in [5.74, 6) is -0.387. The maximum Gasteiger partial charge on any atom is 0.238 e. The van der Waals surface area contributed by atoms with Crippen LogP contribution >= 0.6 is 0 Å². The highest BCUT2D eigenvalue weighted by molar-refractivity contribution is 7.92. The van der Waals surface area contributed by atoms with Gasteiger partial charge in [0.1, 0.15) is 5.25 Å². The van der Waals surface area contributed by atoms with E-state index in [1.807, 2.05) is 6.92 Å². The lowest BCUT2D eigenvalue weighted by Crippen LogP contribution is -2.44. The molecule has 1 aliphatic rings. The zero-order valence-electron chi connectivity index (χ0n) is 12.6. The molecule has 1 fully saturated rings. The highest BCUT2D eigenvalue weighted by Gasteiger charge is 2.31. The summed E-state index contributed by atoms with van der Waals surface area (Å²) in [7, 11) is -3.62. The van der Waals surface area contributed by atoms with Gasteiger partial charge in [-0.15, -0.1) is 0 Å². The Balaban J connectivity index is 2.08. The molecule has 0 aliphatic heterocycles. The summed E-state index contributed by atoms with van der Waals surface area (Å²) in [6.07, 6.45) is 5.30. The van der Waals surface area contributed by atoms with Gasteiger partial charge in [0.05, 0.1) is 4.90 Å². The summed E-state index contributed by atoms with van der Waals surface area (Å²) in [5, 5.41) is 1.83. The van der Waals surface area contributed by atoms with Gasteiger partial charge in [0.2, 0.25) is 5.91 Å². The van der Waals surface area contributed by atoms with E-state index in [2.05, 4.69) is 5.32 Å². The molecule has 1 aromatic rings. The molecule has 116 valence electrons. The monoisotopic (exact) mass is 309 g/mol. The summed E-state index contributed by atoms with van der Waals surface area (Å²) in [5.41, 5.74) is 0.994. The van der Waals surface area contributed by atoms with Crippen molar-refractivity contribution in [2.45, 2.75) is 62.1 Å². The number of benzene rings is 1. The number of amides is 1. The lowest BCUT2D eigenvalue weighted by atomic mass is 9.95. The molecule has 1 aliphatic carbocycles. The molecule has 0 saturated heterocycles. The Hall–Kier alpha value is -1.36. The quantitative estimate of drug-likeness (QED) is 0.930. The minimum atomic E-state index is -3.62. The van der Waals surface area contributed by atoms with Crippen molar-refractivity contribution in [3.8, 4) is 0 Å². The lowest BCUT2D eigenvalue weighted by Gasteiger charge is -2.24. The average Bonchev–Trinajstić information content (AvgIpc) is 2.48. The van der Waals surface area contributed by atoms with Gasteiger partial charge in [0, 0.05) is 6.04 Å². The summed E-state index contributed by atoms with van der Waals surface area (Å²) in [6, 6.07) is 6.75. The predicted molar refractivity (Wildman–Crippen MR) is 82.8 cm³/mol. The van der Waals surface area contributed by atoms with Crippen LogP contribution in [0.2, 0.25) is 0 Å². The number of hydrogen-bond acceptors (Lipinski definition) is 3. The van der Waals surface area contributed by atoms with E-state index < -0.39 is 15.1 Å². The van der Waals surface area contributed by atoms with Gasteiger partial charge in [0.15, 0.2) is 9.84 Å². The summed E-state index contributed by atoms with van der Waals surface area (Å²) >= 11 is 0. The standard InChI is InChI=1S/C16H23NO3S/c1-12-8-10-15(11-9-12)21(19,20)13(2)16(18)17-14-6-4-3-5-7-14/h8-11,13-14H,3-7H2,1-2H3,(H,17,18). The van der Waals surface area contributed by atoms with Crippen LogP contribution in [0.25, 0.3) is 0 Å². The molecule has 4 nitrogen and oxygen atoms in total. The number of rotatable bonds is 4. The van der Waals surface area contributed by atoms with Crippen LogP contribution < -0.4 is 5.32 Å². The summed E-state index contributed by atoms with van der Waals surface area (Å²) < 4.78 is 24.9. The zero-order chi connectivity index (χ0) is 15.5. The molecule has 0 radical (unpaired) electrons. The first-order chi connectivity index (χ1) is 9.91. The third-order valence-corrected chi connectivity index (χ3v) is 6.21. The first kappa shape index (κ1) is 16.0. The average molecular weight is 309 g/mol. The summed E-state index contributed by atoms with van der Waals surface area (Å²) in [6.45, 7) is 3.36. The molecule has 21 heavy (non-hydrogen) atoms. The second kappa shape index (κ2) is 6.60. The van der Waals surface area contributed by atoms with Crippen LogP contribution in [0.4, 0.5) is 0 Å². The first-order valence-corrected chi connectivity index (χ1v) is 9.07. The van der Waals surface area contributed by atoms with Crippen LogP contribution in [0, 0.1) is 6.92 Å². The molecule has 0 bridgehead atoms. The SMILES string of the molecule is Cc1ccc(S(=O)(=O)C(C)C(=O)NC2CCCCC2)cc1. The van der Waals surface area contributed by atoms with Crippen LogP contribution in [-0.2, 0) is 14.6 Å². The van der Waals surface area contributed by atoms with Gasteiger partial charge in [-0.3, -0.25) is 4.79 Å². The van der Waals surface area contributed by atoms with E-state index in [1.54, 1.807) is 24.3 Å². The molecule has 1 saturated carbocycles. The van der Waals surface area contributed by atoms with Crippen LogP contribution in [0.5, 0.6) is 0 Å². The smallest absolute Gasteiger partial charge is 0.238 e. The molecule has 1 N–H and O–H groups in total. The summed E-state index contributed by atoms with van der Waals surface area (Å²) in [4.78, 5) is 12.4. The molecule has 2 rings (SSSR count). The van der Waals surface area contributed by atoms with Crippen LogP contribution in [0.3, 0.4) is 0 Å². The van der Waals surface area contributed by atoms with Crippen molar-refractivity contribution < 1.29 is 13.2 Å². The predicted octanol–water partition coefficient (Wildman–Crippen LogP) is 2.61. The molecule has 1 amide bonds. The van der Waals surface area contributed by atoms with Crippen molar-refractivity contribution >= 4 is 15.7 Å². The maximum absolute atomic E-state index is 12.5. The van der Waals surface area contributed by atoms with Gasteiger partial charge in [-0.2, -0.15) is 0 Å². The van der Waals surface area contributed by atoms with Gasteiger partial charge in [-0.25, -0.2) is 8.42 Å². The second-order valence-electron chi connectivity index (χ2n) is 5.84. The minimum absolute atomic E-state index is 0.127. The highest BCUT2D eigenvalue weighted by atomic mass is 32.2. The van der Waals surface area contributed by atoms with E-state index in [0.717, 1.165) is 31.2 Å². The molecule has 1 aromatic carbocycles. The van der Waals surface area contributed by atoms with E-state index >= 15 is 0 Å². The Morgan fingerprint density at radius 3 is 2.29 bits per heavy atom. The third kappa shape index (κ3) is 3.84. The minimum Gasteiger partial charge on any atom is -0.352 e. The van der Waals surface area contributed by atoms with E-state index in [9.17, 15) is 13.2 Å². The number of nitrogens with one attached hydrogen (secondary N) is 1. The molecule has 0 aromatic heterocycles. The first-order valence-electron chi connectivity index (χ1n) is 7.52. The van der Waals surface area contributed by atoms with Crippen molar-refractivity contribution in [2.75, 3.05) is 0 Å². The number of hydrogen-bond donors (Lipinski definition) is 1. The van der Waals surface area contributed by atoms with Gasteiger partial charge >= 0.3 is 0 Å². The fourth-order valence-electron chi connectivity index (χ4n) is 2.64. The van der Waals surface area contributed by atoms with Gasteiger partial charge in [-0.1, -0.05) is 37.0 Å². The Bertz CT molecular complexity index is 586. The molecule has 5 heteroatoms. The van der Waals surface area contributed by atoms with Gasteiger partial charge in [0.25, 0.3) is 0 Å². The van der Waals surface area contributed by atoms with E-state index in [-0.39, 0.29) is 16.8 Å². The fourth-order valence-corrected chi connectivity index (χ4v) is 3.91.